The quantitative estimate of drug-likeness (QED) is 0.273. The highest BCUT2D eigenvalue weighted by atomic mass is 14.7. The van der Waals surface area contributed by atoms with E-state index in [2.05, 4.69) is 128 Å². The largest absolute Gasteiger partial charge is 0.125 e. The first-order chi connectivity index (χ1) is 16.7. The maximum Gasteiger partial charge on any atom is -0.000319 e. The van der Waals surface area contributed by atoms with E-state index in [-0.39, 0.29) is 0 Å². The molecule has 0 aliphatic heterocycles. The van der Waals surface area contributed by atoms with Crippen molar-refractivity contribution in [2.24, 2.45) is 5.92 Å². The van der Waals surface area contributed by atoms with Crippen LogP contribution in [0.1, 0.15) is 53.9 Å². The van der Waals surface area contributed by atoms with E-state index in [9.17, 15) is 0 Å². The number of fused-ring (bicyclic) bond motifs is 1. The molecule has 0 nitrogen and oxygen atoms in total. The van der Waals surface area contributed by atoms with Crippen LogP contribution < -0.4 is 0 Å². The summed E-state index contributed by atoms with van der Waals surface area (Å²) < 4.78 is 0. The third-order valence-corrected chi connectivity index (χ3v) is 8.37. The molecule has 0 heterocycles. The molecule has 4 aromatic carbocycles. The standard InChI is InChI=1S/C34H30/c1-3-24(2)25-14-20-29(21-15-25)33-31(22-34(23-32(33)34)30-12-8-5-9-13-30)28-18-16-27(17-19-28)26-10-6-4-7-11-26/h4-21,31-33H,1,22-23H2,2H3. The molecule has 0 N–H and O–H groups in total. The van der Waals surface area contributed by atoms with Gasteiger partial charge in [-0.3, -0.25) is 0 Å². The van der Waals surface area contributed by atoms with Gasteiger partial charge in [-0.25, -0.2) is 0 Å². The number of rotatable bonds is 5. The normalized spacial score (nSPS) is 24.8. The zero-order valence-corrected chi connectivity index (χ0v) is 19.7. The molecule has 0 bridgehead atoms. The van der Waals surface area contributed by atoms with Crippen molar-refractivity contribution >= 4 is 5.57 Å². The summed E-state index contributed by atoms with van der Waals surface area (Å²) in [7, 11) is 0. The van der Waals surface area contributed by atoms with E-state index in [1.165, 1.54) is 46.2 Å². The van der Waals surface area contributed by atoms with E-state index in [4.69, 9.17) is 0 Å². The summed E-state index contributed by atoms with van der Waals surface area (Å²) in [5.74, 6) is 1.78. The molecule has 0 saturated heterocycles. The van der Waals surface area contributed by atoms with Gasteiger partial charge in [0.05, 0.1) is 0 Å². The van der Waals surface area contributed by atoms with Crippen LogP contribution in [-0.4, -0.2) is 0 Å². The molecule has 0 heteroatoms. The van der Waals surface area contributed by atoms with Crippen LogP contribution in [-0.2, 0) is 5.41 Å². The Balaban J connectivity index is 1.38. The Labute approximate surface area is 203 Å². The third-order valence-electron chi connectivity index (χ3n) is 8.37. The Morgan fingerprint density at radius 3 is 1.94 bits per heavy atom. The highest BCUT2D eigenvalue weighted by Gasteiger charge is 2.66. The minimum Gasteiger partial charge on any atom is -0.125 e. The first-order valence-electron chi connectivity index (χ1n) is 12.4. The van der Waals surface area contributed by atoms with Crippen molar-refractivity contribution in [1.29, 1.82) is 0 Å². The summed E-state index contributed by atoms with van der Waals surface area (Å²) in [6.07, 6.45) is 2.53. The minimum atomic E-state index is 0.324. The summed E-state index contributed by atoms with van der Waals surface area (Å²) in [5.41, 5.74) is 12.7. The Bertz CT molecular complexity index is 1340. The maximum absolute atomic E-state index is 3.82. The lowest BCUT2D eigenvalue weighted by Crippen LogP contribution is -2.10. The van der Waals surface area contributed by atoms with Crippen LogP contribution in [0, 0.1) is 5.92 Å². The van der Waals surface area contributed by atoms with Crippen molar-refractivity contribution < 1.29 is 0 Å². The second-order valence-electron chi connectivity index (χ2n) is 10.1. The molecule has 0 amide bonds. The Morgan fingerprint density at radius 2 is 1.29 bits per heavy atom. The van der Waals surface area contributed by atoms with Gasteiger partial charge in [-0.05, 0) is 81.9 Å². The first kappa shape index (κ1) is 21.0. The lowest BCUT2D eigenvalue weighted by molar-refractivity contribution is 0.534. The number of hydrogen-bond acceptors (Lipinski definition) is 0. The summed E-state index contributed by atoms with van der Waals surface area (Å²) in [6.45, 7) is 5.90. The van der Waals surface area contributed by atoms with Crippen molar-refractivity contribution in [3.05, 3.63) is 144 Å². The summed E-state index contributed by atoms with van der Waals surface area (Å²) in [5, 5.41) is 0. The second kappa shape index (κ2) is 8.32. The molecular formula is C34H30. The topological polar surface area (TPSA) is 0 Å². The van der Waals surface area contributed by atoms with Gasteiger partial charge in [0, 0.05) is 0 Å². The van der Waals surface area contributed by atoms with Gasteiger partial charge >= 0.3 is 0 Å². The van der Waals surface area contributed by atoms with E-state index in [0.29, 0.717) is 23.2 Å². The molecule has 4 atom stereocenters. The molecule has 2 aliphatic rings. The van der Waals surface area contributed by atoms with E-state index in [1.807, 2.05) is 0 Å². The summed E-state index contributed by atoms with van der Waals surface area (Å²) in [6, 6.07) is 40.5. The lowest BCUT2D eigenvalue weighted by atomic mass is 9.79. The molecule has 2 aliphatic carbocycles. The zero-order chi connectivity index (χ0) is 23.1. The van der Waals surface area contributed by atoms with Gasteiger partial charge in [0.2, 0.25) is 0 Å². The maximum atomic E-state index is 3.82. The molecule has 2 saturated carbocycles. The van der Waals surface area contributed by atoms with E-state index in [0.717, 1.165) is 5.57 Å². The van der Waals surface area contributed by atoms with Gasteiger partial charge in [-0.15, -0.1) is 5.73 Å². The average Bonchev–Trinajstić information content (AvgIpc) is 3.54. The molecule has 34 heavy (non-hydrogen) atoms. The Kier molecular flexibility index (Phi) is 5.13. The average molecular weight is 439 g/mol. The van der Waals surface area contributed by atoms with Crippen molar-refractivity contribution in [1.82, 2.24) is 0 Å². The van der Waals surface area contributed by atoms with Crippen LogP contribution in [0.2, 0.25) is 0 Å². The molecule has 2 fully saturated rings. The van der Waals surface area contributed by atoms with Crippen LogP contribution in [0.4, 0.5) is 0 Å². The highest BCUT2D eigenvalue weighted by Crippen LogP contribution is 2.73. The SMILES string of the molecule is C=C=C(C)c1ccc(C2C(c3ccc(-c4ccccc4)cc3)CC3(c4ccccc4)CC23)cc1. The summed E-state index contributed by atoms with van der Waals surface area (Å²) in [4.78, 5) is 0. The number of benzene rings is 4. The van der Waals surface area contributed by atoms with E-state index >= 15 is 0 Å². The molecule has 4 aromatic rings. The van der Waals surface area contributed by atoms with E-state index in [1.54, 1.807) is 0 Å². The van der Waals surface area contributed by atoms with E-state index < -0.39 is 0 Å². The van der Waals surface area contributed by atoms with Crippen LogP contribution >= 0.6 is 0 Å². The third kappa shape index (κ3) is 3.47. The summed E-state index contributed by atoms with van der Waals surface area (Å²) >= 11 is 0. The van der Waals surface area contributed by atoms with Gasteiger partial charge in [0.25, 0.3) is 0 Å². The fourth-order valence-corrected chi connectivity index (χ4v) is 6.46. The number of hydrogen-bond donors (Lipinski definition) is 0. The Morgan fingerprint density at radius 1 is 0.706 bits per heavy atom. The monoisotopic (exact) mass is 438 g/mol. The van der Waals surface area contributed by atoms with Crippen LogP contribution in [0.25, 0.3) is 16.7 Å². The van der Waals surface area contributed by atoms with Crippen molar-refractivity contribution in [2.45, 2.75) is 37.0 Å². The molecule has 0 aromatic heterocycles. The van der Waals surface area contributed by atoms with Crippen molar-refractivity contribution in [2.75, 3.05) is 0 Å². The minimum absolute atomic E-state index is 0.324. The fourth-order valence-electron chi connectivity index (χ4n) is 6.46. The van der Waals surface area contributed by atoms with Gasteiger partial charge < -0.3 is 0 Å². The van der Waals surface area contributed by atoms with Crippen molar-refractivity contribution in [3.8, 4) is 11.1 Å². The zero-order valence-electron chi connectivity index (χ0n) is 19.7. The second-order valence-corrected chi connectivity index (χ2v) is 10.1. The Hall–Kier alpha value is -3.60. The van der Waals surface area contributed by atoms with Crippen LogP contribution in [0.3, 0.4) is 0 Å². The molecule has 4 unspecified atom stereocenters. The fraction of sp³-hybridized carbons (Fsp3) is 0.206. The molecular weight excluding hydrogens is 408 g/mol. The molecule has 6 rings (SSSR count). The molecule has 0 radical (unpaired) electrons. The van der Waals surface area contributed by atoms with Gasteiger partial charge in [0.1, 0.15) is 0 Å². The van der Waals surface area contributed by atoms with Gasteiger partial charge in [0.15, 0.2) is 0 Å². The predicted octanol–water partition coefficient (Wildman–Crippen LogP) is 8.77. The highest BCUT2D eigenvalue weighted by molar-refractivity contribution is 5.64. The number of allylic oxidation sites excluding steroid dienone is 1. The lowest BCUT2D eigenvalue weighted by Gasteiger charge is -2.25. The van der Waals surface area contributed by atoms with Crippen molar-refractivity contribution in [3.63, 3.8) is 0 Å². The molecule has 0 spiro atoms. The van der Waals surface area contributed by atoms with Gasteiger partial charge in [-0.1, -0.05) is 116 Å². The van der Waals surface area contributed by atoms with Crippen LogP contribution in [0.15, 0.2) is 122 Å². The molecule has 166 valence electrons. The first-order valence-corrected chi connectivity index (χ1v) is 12.4. The smallest absolute Gasteiger partial charge is 0.000319 e. The predicted molar refractivity (Wildman–Crippen MR) is 143 cm³/mol. The van der Waals surface area contributed by atoms with Crippen LogP contribution in [0.5, 0.6) is 0 Å². The van der Waals surface area contributed by atoms with Gasteiger partial charge in [-0.2, -0.15) is 0 Å².